The predicted molar refractivity (Wildman–Crippen MR) is 65.7 cm³/mol. The van der Waals surface area contributed by atoms with E-state index in [1.807, 2.05) is 0 Å². The van der Waals surface area contributed by atoms with E-state index in [2.05, 4.69) is 14.4 Å². The summed E-state index contributed by atoms with van der Waals surface area (Å²) in [5.41, 5.74) is 0. The first kappa shape index (κ1) is 14.9. The molecule has 0 saturated heterocycles. The summed E-state index contributed by atoms with van der Waals surface area (Å²) in [4.78, 5) is 14.5. The fraction of sp³-hybridized carbons (Fsp3) is 0.400. The molecule has 0 aliphatic rings. The number of aromatic nitrogens is 1. The molecular weight excluding hydrogens is 280 g/mol. The summed E-state index contributed by atoms with van der Waals surface area (Å²) in [6.45, 7) is 0.128. The molecular formula is C10H13ClN2O4S. The van der Waals surface area contributed by atoms with E-state index in [0.717, 1.165) is 0 Å². The van der Waals surface area contributed by atoms with Crippen molar-refractivity contribution in [2.75, 3.05) is 13.7 Å². The highest BCUT2D eigenvalue weighted by Gasteiger charge is 2.17. The number of pyridine rings is 1. The van der Waals surface area contributed by atoms with Crippen LogP contribution in [0.15, 0.2) is 23.4 Å². The molecule has 100 valence electrons. The fourth-order valence-corrected chi connectivity index (χ4v) is 2.68. The van der Waals surface area contributed by atoms with Crippen molar-refractivity contribution in [3.8, 4) is 0 Å². The normalized spacial score (nSPS) is 11.2. The minimum Gasteiger partial charge on any atom is -0.469 e. The van der Waals surface area contributed by atoms with Gasteiger partial charge in [0.05, 0.1) is 12.1 Å². The maximum absolute atomic E-state index is 11.8. The van der Waals surface area contributed by atoms with Gasteiger partial charge in [0.1, 0.15) is 4.90 Å². The number of ether oxygens (including phenoxy) is 1. The highest BCUT2D eigenvalue weighted by atomic mass is 35.5. The van der Waals surface area contributed by atoms with Crippen molar-refractivity contribution in [2.45, 2.75) is 17.7 Å². The second kappa shape index (κ2) is 6.67. The summed E-state index contributed by atoms with van der Waals surface area (Å²) in [6, 6.07) is 1.39. The van der Waals surface area contributed by atoms with Crippen LogP contribution < -0.4 is 4.72 Å². The van der Waals surface area contributed by atoms with Gasteiger partial charge in [0.25, 0.3) is 0 Å². The van der Waals surface area contributed by atoms with Crippen molar-refractivity contribution < 1.29 is 17.9 Å². The highest BCUT2D eigenvalue weighted by molar-refractivity contribution is 7.89. The monoisotopic (exact) mass is 292 g/mol. The number of hydrogen-bond donors (Lipinski definition) is 1. The molecule has 0 fully saturated rings. The molecule has 0 bridgehead atoms. The van der Waals surface area contributed by atoms with Gasteiger partial charge in [0.15, 0.2) is 0 Å². The van der Waals surface area contributed by atoms with Crippen molar-refractivity contribution in [3.63, 3.8) is 0 Å². The van der Waals surface area contributed by atoms with E-state index >= 15 is 0 Å². The van der Waals surface area contributed by atoms with Crippen molar-refractivity contribution in [2.24, 2.45) is 0 Å². The average molecular weight is 293 g/mol. The van der Waals surface area contributed by atoms with E-state index < -0.39 is 10.0 Å². The fourth-order valence-electron chi connectivity index (χ4n) is 1.18. The third kappa shape index (κ3) is 4.25. The molecule has 8 heteroatoms. The smallest absolute Gasteiger partial charge is 0.305 e. The molecule has 1 heterocycles. The molecule has 0 spiro atoms. The molecule has 1 N–H and O–H groups in total. The summed E-state index contributed by atoms with van der Waals surface area (Å²) < 4.78 is 30.4. The minimum atomic E-state index is -3.69. The van der Waals surface area contributed by atoms with E-state index in [1.165, 1.54) is 25.6 Å². The predicted octanol–water partition coefficient (Wildman–Crippen LogP) is 0.966. The van der Waals surface area contributed by atoms with Crippen molar-refractivity contribution in [3.05, 3.63) is 23.5 Å². The molecule has 1 aromatic rings. The first-order valence-electron chi connectivity index (χ1n) is 5.13. The van der Waals surface area contributed by atoms with Crippen LogP contribution in [0.4, 0.5) is 0 Å². The second-order valence-corrected chi connectivity index (χ2v) is 5.53. The SMILES string of the molecule is COC(=O)CCCNS(=O)(=O)c1cnccc1Cl. The molecule has 0 aliphatic heterocycles. The molecule has 18 heavy (non-hydrogen) atoms. The molecule has 0 aromatic carbocycles. The zero-order chi connectivity index (χ0) is 13.6. The van der Waals surface area contributed by atoms with Crippen LogP contribution in [-0.4, -0.2) is 33.0 Å². The Morgan fingerprint density at radius 1 is 1.56 bits per heavy atom. The Morgan fingerprint density at radius 3 is 2.89 bits per heavy atom. The van der Waals surface area contributed by atoms with Gasteiger partial charge >= 0.3 is 5.97 Å². The molecule has 0 atom stereocenters. The number of rotatable bonds is 6. The van der Waals surface area contributed by atoms with E-state index in [1.54, 1.807) is 0 Å². The van der Waals surface area contributed by atoms with Crippen LogP contribution in [0, 0.1) is 0 Å². The van der Waals surface area contributed by atoms with Crippen LogP contribution in [0.25, 0.3) is 0 Å². The van der Waals surface area contributed by atoms with Gasteiger partial charge in [-0.1, -0.05) is 11.6 Å². The summed E-state index contributed by atoms with van der Waals surface area (Å²) in [6.07, 6.45) is 3.08. The van der Waals surface area contributed by atoms with E-state index in [0.29, 0.717) is 6.42 Å². The molecule has 1 rings (SSSR count). The van der Waals surface area contributed by atoms with Gasteiger partial charge < -0.3 is 4.74 Å². The molecule has 0 amide bonds. The molecule has 1 aromatic heterocycles. The third-order valence-corrected chi connectivity index (χ3v) is 4.03. The van der Waals surface area contributed by atoms with Crippen LogP contribution in [0.1, 0.15) is 12.8 Å². The van der Waals surface area contributed by atoms with E-state index in [9.17, 15) is 13.2 Å². The number of halogens is 1. The van der Waals surface area contributed by atoms with Gasteiger partial charge in [0.2, 0.25) is 10.0 Å². The molecule has 0 saturated carbocycles. The van der Waals surface area contributed by atoms with Crippen molar-refractivity contribution in [1.29, 1.82) is 0 Å². The van der Waals surface area contributed by atoms with Gasteiger partial charge in [-0.3, -0.25) is 9.78 Å². The highest BCUT2D eigenvalue weighted by Crippen LogP contribution is 2.18. The Hall–Kier alpha value is -1.18. The molecule has 0 unspecified atom stereocenters. The summed E-state index contributed by atoms with van der Waals surface area (Å²) in [5.74, 6) is -0.381. The van der Waals surface area contributed by atoms with E-state index in [-0.39, 0.29) is 28.9 Å². The Labute approximate surface area is 110 Å². The van der Waals surface area contributed by atoms with Crippen molar-refractivity contribution in [1.82, 2.24) is 9.71 Å². The maximum Gasteiger partial charge on any atom is 0.305 e. The number of sulfonamides is 1. The standard InChI is InChI=1S/C10H13ClN2O4S/c1-17-10(14)3-2-5-13-18(15,16)9-7-12-6-4-8(9)11/h4,6-7,13H,2-3,5H2,1H3. The average Bonchev–Trinajstić information content (AvgIpc) is 2.34. The van der Waals surface area contributed by atoms with Gasteiger partial charge in [-0.15, -0.1) is 0 Å². The zero-order valence-corrected chi connectivity index (χ0v) is 11.3. The van der Waals surface area contributed by atoms with Crippen LogP contribution in [-0.2, 0) is 19.6 Å². The lowest BCUT2D eigenvalue weighted by atomic mass is 10.3. The van der Waals surface area contributed by atoms with Gasteiger partial charge in [-0.05, 0) is 12.5 Å². The Morgan fingerprint density at radius 2 is 2.28 bits per heavy atom. The summed E-state index contributed by atoms with van der Waals surface area (Å²) >= 11 is 5.76. The zero-order valence-electron chi connectivity index (χ0n) is 9.72. The number of carbonyl (C=O) groups is 1. The van der Waals surface area contributed by atoms with Crippen LogP contribution in [0.3, 0.4) is 0 Å². The number of methoxy groups -OCH3 is 1. The number of nitrogens with zero attached hydrogens (tertiary/aromatic N) is 1. The lowest BCUT2D eigenvalue weighted by Crippen LogP contribution is -2.25. The van der Waals surface area contributed by atoms with Crippen LogP contribution in [0.5, 0.6) is 0 Å². The van der Waals surface area contributed by atoms with Gasteiger partial charge in [-0.2, -0.15) is 0 Å². The molecule has 6 nitrogen and oxygen atoms in total. The quantitative estimate of drug-likeness (QED) is 0.624. The number of hydrogen-bond acceptors (Lipinski definition) is 5. The van der Waals surface area contributed by atoms with Gasteiger partial charge in [-0.25, -0.2) is 13.1 Å². The third-order valence-electron chi connectivity index (χ3n) is 2.10. The largest absolute Gasteiger partial charge is 0.469 e. The van der Waals surface area contributed by atoms with Crippen LogP contribution >= 0.6 is 11.6 Å². The lowest BCUT2D eigenvalue weighted by Gasteiger charge is -2.07. The molecule has 0 radical (unpaired) electrons. The van der Waals surface area contributed by atoms with E-state index in [4.69, 9.17) is 11.6 Å². The Balaban J connectivity index is 2.56. The topological polar surface area (TPSA) is 85.4 Å². The number of esters is 1. The molecule has 0 aliphatic carbocycles. The minimum absolute atomic E-state index is 0.0789. The first-order chi connectivity index (χ1) is 8.47. The van der Waals surface area contributed by atoms with Crippen molar-refractivity contribution >= 4 is 27.6 Å². The number of nitrogens with one attached hydrogen (secondary N) is 1. The van der Waals surface area contributed by atoms with Crippen LogP contribution in [0.2, 0.25) is 5.02 Å². The summed E-state index contributed by atoms with van der Waals surface area (Å²) in [7, 11) is -2.41. The lowest BCUT2D eigenvalue weighted by molar-refractivity contribution is -0.140. The Bertz CT molecular complexity index is 518. The van der Waals surface area contributed by atoms with Gasteiger partial charge in [0, 0.05) is 25.4 Å². The number of carbonyl (C=O) groups excluding carboxylic acids is 1. The Kier molecular flexibility index (Phi) is 5.52. The first-order valence-corrected chi connectivity index (χ1v) is 6.99. The maximum atomic E-state index is 11.8. The summed E-state index contributed by atoms with van der Waals surface area (Å²) in [5, 5.41) is 0.102. The second-order valence-electron chi connectivity index (χ2n) is 3.38.